The highest BCUT2D eigenvalue weighted by atomic mass is 16.7. The van der Waals surface area contributed by atoms with Crippen LogP contribution in [0.2, 0.25) is 0 Å². The van der Waals surface area contributed by atoms with Crippen molar-refractivity contribution in [1.82, 2.24) is 0 Å². The van der Waals surface area contributed by atoms with E-state index in [0.29, 0.717) is 29.6 Å². The van der Waals surface area contributed by atoms with Crippen molar-refractivity contribution in [3.63, 3.8) is 0 Å². The maximum atomic E-state index is 12.2. The highest BCUT2D eigenvalue weighted by Crippen LogP contribution is 2.66. The van der Waals surface area contributed by atoms with Crippen LogP contribution in [-0.4, -0.2) is 36.2 Å². The first-order valence-corrected chi connectivity index (χ1v) is 17.8. The molecule has 2 bridgehead atoms. The fraction of sp³-hybridized carbons (Fsp3) is 0.524. The Morgan fingerprint density at radius 3 is 2.16 bits per heavy atom. The number of hydrogen-bond donors (Lipinski definition) is 0. The lowest BCUT2D eigenvalue weighted by atomic mass is 9.70. The summed E-state index contributed by atoms with van der Waals surface area (Å²) in [4.78, 5) is 23.5. The van der Waals surface area contributed by atoms with Gasteiger partial charge in [-0.2, -0.15) is 0 Å². The van der Waals surface area contributed by atoms with Crippen molar-refractivity contribution in [1.29, 1.82) is 0 Å². The average molecular weight is 673 g/mol. The average Bonchev–Trinajstić information content (AvgIpc) is 3.40. The van der Waals surface area contributed by atoms with Crippen LogP contribution in [0.15, 0.2) is 74.0 Å². The lowest BCUT2D eigenvalue weighted by Gasteiger charge is -2.38. The smallest absolute Gasteiger partial charge is 0.473 e. The molecule has 5 rings (SSSR count). The highest BCUT2D eigenvalue weighted by molar-refractivity contribution is 5.81. The van der Waals surface area contributed by atoms with Gasteiger partial charge in [0.2, 0.25) is 0 Å². The van der Waals surface area contributed by atoms with Gasteiger partial charge < -0.3 is 23.7 Å². The third-order valence-electron chi connectivity index (χ3n) is 10.9. The van der Waals surface area contributed by atoms with Gasteiger partial charge in [-0.15, -0.1) is 0 Å². The van der Waals surface area contributed by atoms with Crippen LogP contribution < -0.4 is 4.74 Å². The standard InChI is InChI=1S/C29H36O5.C13H20O2/c1-5-23-15-17-27(18-16-23)33-28(30)34-29(3,4)21-25-13-11-24(12-14-25)19-20-31-22(2)32-26-9-7-6-8-10-26;1-5-11(14)15-10-8-9-6-7-13(10,4)12(9,2)3/h5,11-20,22,26H,1,6-10,21H2,2-4H3;5,9-10H,1,6-8H2,2-4H3. The second kappa shape index (κ2) is 16.7. The van der Waals surface area contributed by atoms with E-state index in [9.17, 15) is 9.59 Å². The third kappa shape index (κ3) is 10.3. The third-order valence-corrected chi connectivity index (χ3v) is 10.9. The van der Waals surface area contributed by atoms with Crippen LogP contribution in [0, 0.1) is 16.7 Å². The fourth-order valence-corrected chi connectivity index (χ4v) is 7.52. The van der Waals surface area contributed by atoms with Crippen molar-refractivity contribution in [2.45, 2.75) is 123 Å². The monoisotopic (exact) mass is 672 g/mol. The van der Waals surface area contributed by atoms with Gasteiger partial charge in [0.25, 0.3) is 0 Å². The van der Waals surface area contributed by atoms with Crippen molar-refractivity contribution in [2.75, 3.05) is 0 Å². The summed E-state index contributed by atoms with van der Waals surface area (Å²) in [5, 5.41) is 0. The summed E-state index contributed by atoms with van der Waals surface area (Å²) in [7, 11) is 0. The van der Waals surface area contributed by atoms with Gasteiger partial charge in [-0.25, -0.2) is 9.59 Å². The molecule has 0 spiro atoms. The van der Waals surface area contributed by atoms with Crippen molar-refractivity contribution in [3.05, 3.63) is 90.7 Å². The Kier molecular flexibility index (Phi) is 12.9. The SMILES string of the molecule is C=CC(=O)OC1CC2CCC1(C)C2(C)C.C=Cc1ccc(OC(=O)OC(C)(C)Cc2ccc(C=COC(C)OC3CCCCC3)cc2)cc1. The molecule has 49 heavy (non-hydrogen) atoms. The molecule has 7 nitrogen and oxygen atoms in total. The zero-order valence-electron chi connectivity index (χ0n) is 30.4. The summed E-state index contributed by atoms with van der Waals surface area (Å²) in [6.07, 6.45) is 16.1. The Bertz CT molecular complexity index is 1430. The van der Waals surface area contributed by atoms with Crippen LogP contribution in [0.1, 0.15) is 110 Å². The molecule has 3 saturated carbocycles. The van der Waals surface area contributed by atoms with Gasteiger partial charge in [-0.3, -0.25) is 0 Å². The van der Waals surface area contributed by atoms with E-state index in [2.05, 4.69) is 33.9 Å². The van der Waals surface area contributed by atoms with Crippen molar-refractivity contribution < 1.29 is 33.3 Å². The van der Waals surface area contributed by atoms with Gasteiger partial charge in [0.1, 0.15) is 17.5 Å². The number of rotatable bonds is 12. The zero-order chi connectivity index (χ0) is 35.7. The minimum absolute atomic E-state index is 0.0942. The summed E-state index contributed by atoms with van der Waals surface area (Å²) >= 11 is 0. The summed E-state index contributed by atoms with van der Waals surface area (Å²) in [5.74, 6) is 0.873. The Balaban J connectivity index is 0.000000299. The van der Waals surface area contributed by atoms with Crippen LogP contribution in [0.3, 0.4) is 0 Å². The fourth-order valence-electron chi connectivity index (χ4n) is 7.52. The number of esters is 1. The molecule has 4 unspecified atom stereocenters. The largest absolute Gasteiger partial charge is 0.514 e. The van der Waals surface area contributed by atoms with Gasteiger partial charge in [-0.05, 0) is 99.1 Å². The topological polar surface area (TPSA) is 80.3 Å². The number of benzene rings is 2. The predicted octanol–water partition coefficient (Wildman–Crippen LogP) is 10.5. The quantitative estimate of drug-likeness (QED) is 0.0730. The van der Waals surface area contributed by atoms with Crippen molar-refractivity contribution in [3.8, 4) is 5.75 Å². The molecular weight excluding hydrogens is 616 g/mol. The van der Waals surface area contributed by atoms with E-state index < -0.39 is 11.8 Å². The normalized spacial score (nSPS) is 23.6. The first kappa shape index (κ1) is 38.0. The molecule has 4 atom stereocenters. The molecule has 0 saturated heterocycles. The second-order valence-corrected chi connectivity index (χ2v) is 15.0. The summed E-state index contributed by atoms with van der Waals surface area (Å²) in [6.45, 7) is 19.7. The Hall–Kier alpha value is -3.84. The second-order valence-electron chi connectivity index (χ2n) is 15.0. The number of carbonyl (C=O) groups excluding carboxylic acids is 2. The molecular formula is C42H56O7. The molecule has 0 aromatic heterocycles. The molecule has 0 amide bonds. The highest BCUT2D eigenvalue weighted by Gasteiger charge is 2.62. The maximum absolute atomic E-state index is 12.2. The van der Waals surface area contributed by atoms with E-state index >= 15 is 0 Å². The van der Waals surface area contributed by atoms with Crippen LogP contribution in [0.5, 0.6) is 5.75 Å². The van der Waals surface area contributed by atoms with Gasteiger partial charge in [-0.1, -0.05) is 95.7 Å². The lowest BCUT2D eigenvalue weighted by Crippen LogP contribution is -2.38. The first-order valence-electron chi connectivity index (χ1n) is 17.8. The molecule has 2 aromatic carbocycles. The van der Waals surface area contributed by atoms with E-state index in [-0.39, 0.29) is 23.8 Å². The van der Waals surface area contributed by atoms with Gasteiger partial charge >= 0.3 is 12.1 Å². The van der Waals surface area contributed by atoms with E-state index in [1.807, 2.05) is 63.2 Å². The van der Waals surface area contributed by atoms with Gasteiger partial charge in [0.05, 0.1) is 12.4 Å². The van der Waals surface area contributed by atoms with E-state index in [1.165, 1.54) is 38.2 Å². The number of hydrogen-bond acceptors (Lipinski definition) is 7. The molecule has 3 fully saturated rings. The van der Waals surface area contributed by atoms with Crippen LogP contribution >= 0.6 is 0 Å². The van der Waals surface area contributed by atoms with Gasteiger partial charge in [0.15, 0.2) is 6.29 Å². The predicted molar refractivity (Wildman–Crippen MR) is 195 cm³/mol. The molecule has 0 N–H and O–H groups in total. The summed E-state index contributed by atoms with van der Waals surface area (Å²) in [5.41, 5.74) is 2.78. The van der Waals surface area contributed by atoms with E-state index in [4.69, 9.17) is 23.7 Å². The zero-order valence-corrected chi connectivity index (χ0v) is 30.4. The molecule has 266 valence electrons. The molecule has 3 aliphatic rings. The van der Waals surface area contributed by atoms with Gasteiger partial charge in [0, 0.05) is 17.9 Å². The van der Waals surface area contributed by atoms with Crippen molar-refractivity contribution in [2.24, 2.45) is 16.7 Å². The molecule has 2 aromatic rings. The minimum atomic E-state index is -0.724. The first-order chi connectivity index (χ1) is 23.2. The molecule has 7 heteroatoms. The molecule has 3 aliphatic carbocycles. The minimum Gasteiger partial charge on any atom is -0.473 e. The maximum Gasteiger partial charge on any atom is 0.514 e. The Morgan fingerprint density at radius 1 is 0.939 bits per heavy atom. The summed E-state index contributed by atoms with van der Waals surface area (Å²) in [6, 6.07) is 15.1. The molecule has 0 heterocycles. The number of ether oxygens (including phenoxy) is 5. The summed E-state index contributed by atoms with van der Waals surface area (Å²) < 4.78 is 28.0. The van der Waals surface area contributed by atoms with E-state index in [1.54, 1.807) is 24.5 Å². The van der Waals surface area contributed by atoms with Crippen LogP contribution in [0.25, 0.3) is 12.2 Å². The Labute approximate surface area is 293 Å². The van der Waals surface area contributed by atoms with Crippen LogP contribution in [-0.2, 0) is 30.2 Å². The lowest BCUT2D eigenvalue weighted by molar-refractivity contribution is -0.150. The van der Waals surface area contributed by atoms with Crippen LogP contribution in [0.4, 0.5) is 4.79 Å². The Morgan fingerprint density at radius 2 is 1.59 bits per heavy atom. The molecule has 0 aliphatic heterocycles. The molecule has 0 radical (unpaired) electrons. The van der Waals surface area contributed by atoms with E-state index in [0.717, 1.165) is 36.0 Å². The van der Waals surface area contributed by atoms with Crippen molar-refractivity contribution >= 4 is 24.3 Å². The number of carbonyl (C=O) groups is 2. The number of fused-ring (bicyclic) bond motifs is 2.